The highest BCUT2D eigenvalue weighted by Gasteiger charge is 2.25. The van der Waals surface area contributed by atoms with Crippen molar-refractivity contribution in [3.8, 4) is 0 Å². The molecule has 102 valence electrons. The van der Waals surface area contributed by atoms with Gasteiger partial charge in [0.15, 0.2) is 0 Å². The fraction of sp³-hybridized carbons (Fsp3) is 0.750. The first-order valence-corrected chi connectivity index (χ1v) is 7.06. The van der Waals surface area contributed by atoms with Crippen LogP contribution >= 0.6 is 11.8 Å². The Balaban J connectivity index is 2.43. The van der Waals surface area contributed by atoms with Gasteiger partial charge in [-0.15, -0.1) is 0 Å². The van der Waals surface area contributed by atoms with E-state index in [0.717, 1.165) is 12.8 Å². The van der Waals surface area contributed by atoms with Gasteiger partial charge in [-0.1, -0.05) is 0 Å². The predicted octanol–water partition coefficient (Wildman–Crippen LogP) is 0.909. The Morgan fingerprint density at radius 3 is 2.83 bits per heavy atom. The zero-order chi connectivity index (χ0) is 13.5. The van der Waals surface area contributed by atoms with Gasteiger partial charge in [-0.3, -0.25) is 9.59 Å². The molecule has 2 atom stereocenters. The SMILES string of the molecule is COC(=O)C(CSC1CCCC(=O)C1)NC(C)=O. The van der Waals surface area contributed by atoms with Crippen LogP contribution in [-0.2, 0) is 19.1 Å². The zero-order valence-corrected chi connectivity index (χ0v) is 11.5. The summed E-state index contributed by atoms with van der Waals surface area (Å²) in [5.74, 6) is 0.0305. The van der Waals surface area contributed by atoms with Crippen molar-refractivity contribution in [3.05, 3.63) is 0 Å². The van der Waals surface area contributed by atoms with E-state index in [2.05, 4.69) is 10.1 Å². The first-order valence-electron chi connectivity index (χ1n) is 6.01. The summed E-state index contributed by atoms with van der Waals surface area (Å²) < 4.78 is 4.64. The van der Waals surface area contributed by atoms with Crippen molar-refractivity contribution in [2.24, 2.45) is 0 Å². The van der Waals surface area contributed by atoms with E-state index in [1.54, 1.807) is 11.8 Å². The Morgan fingerprint density at radius 2 is 2.28 bits per heavy atom. The number of methoxy groups -OCH3 is 1. The quantitative estimate of drug-likeness (QED) is 0.754. The number of amides is 1. The van der Waals surface area contributed by atoms with Gasteiger partial charge < -0.3 is 10.1 Å². The molecule has 0 aliphatic heterocycles. The monoisotopic (exact) mass is 273 g/mol. The molecule has 1 amide bonds. The average Bonchev–Trinajstić information content (AvgIpc) is 2.33. The van der Waals surface area contributed by atoms with E-state index in [9.17, 15) is 14.4 Å². The number of hydrogen-bond donors (Lipinski definition) is 1. The predicted molar refractivity (Wildman–Crippen MR) is 69.3 cm³/mol. The minimum absolute atomic E-state index is 0.257. The third-order valence-corrected chi connectivity index (χ3v) is 4.20. The van der Waals surface area contributed by atoms with Gasteiger partial charge in [0.25, 0.3) is 0 Å². The van der Waals surface area contributed by atoms with E-state index < -0.39 is 12.0 Å². The molecule has 1 aliphatic rings. The number of thioether (sulfide) groups is 1. The maximum atomic E-state index is 11.5. The highest BCUT2D eigenvalue weighted by atomic mass is 32.2. The maximum absolute atomic E-state index is 11.5. The molecular formula is C12H19NO4S. The molecule has 0 bridgehead atoms. The summed E-state index contributed by atoms with van der Waals surface area (Å²) in [5.41, 5.74) is 0. The highest BCUT2D eigenvalue weighted by Crippen LogP contribution is 2.26. The number of nitrogens with one attached hydrogen (secondary N) is 1. The van der Waals surface area contributed by atoms with Crippen molar-refractivity contribution >= 4 is 29.4 Å². The van der Waals surface area contributed by atoms with Crippen LogP contribution in [-0.4, -0.2) is 41.8 Å². The van der Waals surface area contributed by atoms with Gasteiger partial charge in [-0.2, -0.15) is 11.8 Å². The van der Waals surface area contributed by atoms with E-state index in [-0.39, 0.29) is 16.9 Å². The molecule has 1 fully saturated rings. The van der Waals surface area contributed by atoms with Crippen LogP contribution in [0.4, 0.5) is 0 Å². The van der Waals surface area contributed by atoms with Crippen LogP contribution in [0.25, 0.3) is 0 Å². The molecule has 0 saturated heterocycles. The van der Waals surface area contributed by atoms with Crippen molar-refractivity contribution < 1.29 is 19.1 Å². The lowest BCUT2D eigenvalue weighted by Gasteiger charge is -2.22. The molecule has 6 heteroatoms. The Labute approximate surface area is 111 Å². The second-order valence-electron chi connectivity index (χ2n) is 4.37. The van der Waals surface area contributed by atoms with E-state index in [4.69, 9.17) is 0 Å². The van der Waals surface area contributed by atoms with Crippen molar-refractivity contribution in [2.45, 2.75) is 43.9 Å². The number of ketones is 1. The molecule has 1 aliphatic carbocycles. The molecule has 1 rings (SSSR count). The number of esters is 1. The Kier molecular flexibility index (Phi) is 6.18. The standard InChI is InChI=1S/C12H19NO4S/c1-8(14)13-11(12(16)17-2)7-18-10-5-3-4-9(15)6-10/h10-11H,3-7H2,1-2H3,(H,13,14). The van der Waals surface area contributed by atoms with E-state index >= 15 is 0 Å². The average molecular weight is 273 g/mol. The largest absolute Gasteiger partial charge is 0.467 e. The van der Waals surface area contributed by atoms with Crippen molar-refractivity contribution in [3.63, 3.8) is 0 Å². The Hall–Kier alpha value is -1.04. The molecule has 0 aromatic heterocycles. The first kappa shape index (κ1) is 15.0. The second-order valence-corrected chi connectivity index (χ2v) is 5.70. The second kappa shape index (κ2) is 7.41. The van der Waals surface area contributed by atoms with Gasteiger partial charge in [0.1, 0.15) is 11.8 Å². The third-order valence-electron chi connectivity index (χ3n) is 2.80. The molecule has 1 N–H and O–H groups in total. The number of hydrogen-bond acceptors (Lipinski definition) is 5. The summed E-state index contributed by atoms with van der Waals surface area (Å²) in [6.45, 7) is 1.37. The maximum Gasteiger partial charge on any atom is 0.329 e. The van der Waals surface area contributed by atoms with Crippen LogP contribution in [0.15, 0.2) is 0 Å². The summed E-state index contributed by atoms with van der Waals surface area (Å²) in [5, 5.41) is 2.82. The molecule has 0 heterocycles. The van der Waals surface area contributed by atoms with Gasteiger partial charge in [-0.05, 0) is 12.8 Å². The molecule has 0 aromatic rings. The van der Waals surface area contributed by atoms with Crippen molar-refractivity contribution in [1.82, 2.24) is 5.32 Å². The van der Waals surface area contributed by atoms with Crippen molar-refractivity contribution in [1.29, 1.82) is 0 Å². The number of carbonyl (C=O) groups is 3. The minimum atomic E-state index is -0.630. The van der Waals surface area contributed by atoms with Crippen LogP contribution in [0.1, 0.15) is 32.6 Å². The molecule has 0 spiro atoms. The third kappa shape index (κ3) is 5.08. The molecule has 18 heavy (non-hydrogen) atoms. The van der Waals surface area contributed by atoms with Crippen LogP contribution in [0.3, 0.4) is 0 Å². The van der Waals surface area contributed by atoms with E-state index in [1.165, 1.54) is 14.0 Å². The summed E-state index contributed by atoms with van der Waals surface area (Å²) in [4.78, 5) is 33.8. The van der Waals surface area contributed by atoms with E-state index in [0.29, 0.717) is 18.6 Å². The smallest absolute Gasteiger partial charge is 0.329 e. The van der Waals surface area contributed by atoms with Crippen LogP contribution in [0.5, 0.6) is 0 Å². The van der Waals surface area contributed by atoms with Gasteiger partial charge in [0, 0.05) is 30.8 Å². The minimum Gasteiger partial charge on any atom is -0.467 e. The Bertz CT molecular complexity index is 332. The fourth-order valence-electron chi connectivity index (χ4n) is 1.92. The lowest BCUT2D eigenvalue weighted by atomic mass is 9.99. The topological polar surface area (TPSA) is 72.5 Å². The highest BCUT2D eigenvalue weighted by molar-refractivity contribution is 8.00. The van der Waals surface area contributed by atoms with Gasteiger partial charge in [0.2, 0.25) is 5.91 Å². The zero-order valence-electron chi connectivity index (χ0n) is 10.7. The van der Waals surface area contributed by atoms with Crippen LogP contribution in [0.2, 0.25) is 0 Å². The lowest BCUT2D eigenvalue weighted by Crippen LogP contribution is -2.42. The number of ether oxygens (including phenoxy) is 1. The van der Waals surface area contributed by atoms with Gasteiger partial charge >= 0.3 is 5.97 Å². The summed E-state index contributed by atoms with van der Waals surface area (Å²) in [6.07, 6.45) is 3.14. The van der Waals surface area contributed by atoms with Crippen molar-refractivity contribution in [2.75, 3.05) is 12.9 Å². The lowest BCUT2D eigenvalue weighted by molar-refractivity contribution is -0.144. The summed E-state index contributed by atoms with van der Waals surface area (Å²) in [7, 11) is 1.30. The number of Topliss-reactive ketones (excluding diaryl/α,β-unsaturated/α-hetero) is 1. The van der Waals surface area contributed by atoms with Gasteiger partial charge in [-0.25, -0.2) is 4.79 Å². The molecule has 2 unspecified atom stereocenters. The molecule has 5 nitrogen and oxygen atoms in total. The summed E-state index contributed by atoms with van der Waals surface area (Å²) in [6, 6.07) is -0.630. The summed E-state index contributed by atoms with van der Waals surface area (Å²) >= 11 is 1.56. The van der Waals surface area contributed by atoms with Gasteiger partial charge in [0.05, 0.1) is 7.11 Å². The Morgan fingerprint density at radius 1 is 1.56 bits per heavy atom. The molecule has 1 saturated carbocycles. The first-order chi connectivity index (χ1) is 8.52. The van der Waals surface area contributed by atoms with E-state index in [1.807, 2.05) is 0 Å². The van der Waals surface area contributed by atoms with Crippen LogP contribution in [0, 0.1) is 0 Å². The fourth-order valence-corrected chi connectivity index (χ4v) is 3.24. The van der Waals surface area contributed by atoms with Crippen LogP contribution < -0.4 is 5.32 Å². The molecular weight excluding hydrogens is 254 g/mol. The molecule has 0 aromatic carbocycles. The normalized spacial score (nSPS) is 21.2. The number of carbonyl (C=O) groups excluding carboxylic acids is 3. The molecule has 0 radical (unpaired) electrons. The number of rotatable bonds is 5.